The minimum absolute atomic E-state index is 0.0319. The SMILES string of the molecule is CC(=O)c1cccc(NC(=O)c2csc(C)n2)c1. The van der Waals surface area contributed by atoms with Crippen molar-refractivity contribution < 1.29 is 9.59 Å². The first-order chi connectivity index (χ1) is 8.56. The summed E-state index contributed by atoms with van der Waals surface area (Å²) >= 11 is 1.43. The molecule has 1 heterocycles. The summed E-state index contributed by atoms with van der Waals surface area (Å²) in [5.41, 5.74) is 1.56. The number of hydrogen-bond acceptors (Lipinski definition) is 4. The van der Waals surface area contributed by atoms with E-state index >= 15 is 0 Å². The fourth-order valence-electron chi connectivity index (χ4n) is 1.48. The van der Waals surface area contributed by atoms with Crippen LogP contribution in [0.5, 0.6) is 0 Å². The van der Waals surface area contributed by atoms with Crippen LogP contribution in [0.4, 0.5) is 5.69 Å². The van der Waals surface area contributed by atoms with Crippen molar-refractivity contribution in [3.63, 3.8) is 0 Å². The molecule has 0 radical (unpaired) electrons. The van der Waals surface area contributed by atoms with Gasteiger partial charge < -0.3 is 5.32 Å². The normalized spacial score (nSPS) is 10.1. The highest BCUT2D eigenvalue weighted by atomic mass is 32.1. The summed E-state index contributed by atoms with van der Waals surface area (Å²) in [5.74, 6) is -0.296. The van der Waals surface area contributed by atoms with Gasteiger partial charge in [0.2, 0.25) is 0 Å². The minimum Gasteiger partial charge on any atom is -0.321 e. The number of thiazole rings is 1. The van der Waals surface area contributed by atoms with E-state index in [1.807, 2.05) is 6.92 Å². The Morgan fingerprint density at radius 1 is 1.33 bits per heavy atom. The molecule has 1 amide bonds. The second-order valence-corrected chi connectivity index (χ2v) is 4.91. The number of amides is 1. The third-order valence-electron chi connectivity index (χ3n) is 2.38. The first kappa shape index (κ1) is 12.4. The number of Topliss-reactive ketones (excluding diaryl/α,β-unsaturated/α-hetero) is 1. The number of carbonyl (C=O) groups excluding carboxylic acids is 2. The topological polar surface area (TPSA) is 59.1 Å². The smallest absolute Gasteiger partial charge is 0.275 e. The Hall–Kier alpha value is -2.01. The summed E-state index contributed by atoms with van der Waals surface area (Å²) < 4.78 is 0. The summed E-state index contributed by atoms with van der Waals surface area (Å²) in [6.45, 7) is 3.34. The number of rotatable bonds is 3. The Morgan fingerprint density at radius 3 is 2.72 bits per heavy atom. The molecule has 1 aromatic heterocycles. The first-order valence-corrected chi connectivity index (χ1v) is 6.28. The number of hydrogen-bond donors (Lipinski definition) is 1. The lowest BCUT2D eigenvalue weighted by molar-refractivity contribution is 0.100. The Morgan fingerprint density at radius 2 is 2.11 bits per heavy atom. The highest BCUT2D eigenvalue weighted by molar-refractivity contribution is 7.09. The van der Waals surface area contributed by atoms with Crippen molar-refractivity contribution in [2.45, 2.75) is 13.8 Å². The maximum atomic E-state index is 11.9. The van der Waals surface area contributed by atoms with Gasteiger partial charge in [0.1, 0.15) is 5.69 Å². The van der Waals surface area contributed by atoms with Gasteiger partial charge in [-0.3, -0.25) is 9.59 Å². The predicted octanol–water partition coefficient (Wildman–Crippen LogP) is 2.91. The summed E-state index contributed by atoms with van der Waals surface area (Å²) in [5, 5.41) is 5.27. The average Bonchev–Trinajstić information content (AvgIpc) is 2.76. The van der Waals surface area contributed by atoms with Crippen molar-refractivity contribution in [2.24, 2.45) is 0 Å². The molecule has 1 N–H and O–H groups in total. The van der Waals surface area contributed by atoms with Crippen molar-refractivity contribution in [3.8, 4) is 0 Å². The van der Waals surface area contributed by atoms with Gasteiger partial charge in [-0.25, -0.2) is 4.98 Å². The van der Waals surface area contributed by atoms with E-state index in [0.717, 1.165) is 5.01 Å². The number of anilines is 1. The second kappa shape index (κ2) is 5.10. The van der Waals surface area contributed by atoms with Crippen LogP contribution in [0.15, 0.2) is 29.6 Å². The van der Waals surface area contributed by atoms with Gasteiger partial charge in [-0.1, -0.05) is 12.1 Å². The van der Waals surface area contributed by atoms with Gasteiger partial charge in [0.05, 0.1) is 5.01 Å². The van der Waals surface area contributed by atoms with E-state index in [2.05, 4.69) is 10.3 Å². The molecule has 5 heteroatoms. The maximum Gasteiger partial charge on any atom is 0.275 e. The summed E-state index contributed by atoms with van der Waals surface area (Å²) in [7, 11) is 0. The molecule has 0 aliphatic carbocycles. The van der Waals surface area contributed by atoms with Crippen LogP contribution >= 0.6 is 11.3 Å². The van der Waals surface area contributed by atoms with E-state index in [0.29, 0.717) is 16.9 Å². The van der Waals surface area contributed by atoms with Crippen LogP contribution in [0, 0.1) is 6.92 Å². The zero-order chi connectivity index (χ0) is 13.1. The highest BCUT2D eigenvalue weighted by Crippen LogP contribution is 2.14. The minimum atomic E-state index is -0.264. The Kier molecular flexibility index (Phi) is 3.53. The Bertz CT molecular complexity index is 605. The second-order valence-electron chi connectivity index (χ2n) is 3.84. The van der Waals surface area contributed by atoms with Crippen molar-refractivity contribution in [2.75, 3.05) is 5.32 Å². The van der Waals surface area contributed by atoms with Crippen LogP contribution in [0.25, 0.3) is 0 Å². The van der Waals surface area contributed by atoms with Crippen LogP contribution in [-0.2, 0) is 0 Å². The van der Waals surface area contributed by atoms with E-state index in [1.54, 1.807) is 29.6 Å². The molecule has 18 heavy (non-hydrogen) atoms. The van der Waals surface area contributed by atoms with Gasteiger partial charge in [0, 0.05) is 16.6 Å². The standard InChI is InChI=1S/C13H12N2O2S/c1-8(16)10-4-3-5-11(6-10)15-13(17)12-7-18-9(2)14-12/h3-7H,1-2H3,(H,15,17). The Labute approximate surface area is 109 Å². The number of benzene rings is 1. The molecule has 0 atom stereocenters. The molecule has 1 aromatic carbocycles. The van der Waals surface area contributed by atoms with Crippen molar-refractivity contribution in [1.29, 1.82) is 0 Å². The molecule has 2 aromatic rings. The quantitative estimate of drug-likeness (QED) is 0.863. The molecule has 92 valence electrons. The van der Waals surface area contributed by atoms with Gasteiger partial charge in [0.15, 0.2) is 5.78 Å². The number of ketones is 1. The summed E-state index contributed by atoms with van der Waals surface area (Å²) in [6.07, 6.45) is 0. The van der Waals surface area contributed by atoms with Gasteiger partial charge in [-0.05, 0) is 26.0 Å². The number of nitrogens with one attached hydrogen (secondary N) is 1. The lowest BCUT2D eigenvalue weighted by Gasteiger charge is -2.04. The number of nitrogens with zero attached hydrogens (tertiary/aromatic N) is 1. The first-order valence-electron chi connectivity index (χ1n) is 5.41. The third-order valence-corrected chi connectivity index (χ3v) is 3.15. The lowest BCUT2D eigenvalue weighted by atomic mass is 10.1. The number of aromatic nitrogens is 1. The zero-order valence-electron chi connectivity index (χ0n) is 10.1. The molecule has 0 aliphatic rings. The van der Waals surface area contributed by atoms with Crippen molar-refractivity contribution >= 4 is 28.7 Å². The monoisotopic (exact) mass is 260 g/mol. The molecule has 0 saturated heterocycles. The molecular formula is C13H12N2O2S. The average molecular weight is 260 g/mol. The van der Waals surface area contributed by atoms with Crippen molar-refractivity contribution in [3.05, 3.63) is 45.9 Å². The van der Waals surface area contributed by atoms with Crippen LogP contribution in [0.1, 0.15) is 32.8 Å². The van der Waals surface area contributed by atoms with Gasteiger partial charge in [0.25, 0.3) is 5.91 Å². The molecule has 0 aliphatic heterocycles. The van der Waals surface area contributed by atoms with Gasteiger partial charge in [-0.2, -0.15) is 0 Å². The molecule has 0 saturated carbocycles. The van der Waals surface area contributed by atoms with Crippen LogP contribution in [0.3, 0.4) is 0 Å². The number of aryl methyl sites for hydroxylation is 1. The van der Waals surface area contributed by atoms with E-state index in [1.165, 1.54) is 18.3 Å². The van der Waals surface area contributed by atoms with Gasteiger partial charge >= 0.3 is 0 Å². The van der Waals surface area contributed by atoms with Crippen LogP contribution < -0.4 is 5.32 Å². The molecule has 0 unspecified atom stereocenters. The highest BCUT2D eigenvalue weighted by Gasteiger charge is 2.10. The van der Waals surface area contributed by atoms with E-state index < -0.39 is 0 Å². The van der Waals surface area contributed by atoms with Crippen LogP contribution in [-0.4, -0.2) is 16.7 Å². The predicted molar refractivity (Wildman–Crippen MR) is 71.3 cm³/mol. The molecular weight excluding hydrogens is 248 g/mol. The third kappa shape index (κ3) is 2.81. The molecule has 0 bridgehead atoms. The number of carbonyl (C=O) groups is 2. The van der Waals surface area contributed by atoms with E-state index in [4.69, 9.17) is 0 Å². The van der Waals surface area contributed by atoms with E-state index in [-0.39, 0.29) is 11.7 Å². The zero-order valence-corrected chi connectivity index (χ0v) is 10.9. The molecule has 0 spiro atoms. The van der Waals surface area contributed by atoms with Gasteiger partial charge in [-0.15, -0.1) is 11.3 Å². The fraction of sp³-hybridized carbons (Fsp3) is 0.154. The largest absolute Gasteiger partial charge is 0.321 e. The maximum absolute atomic E-state index is 11.9. The van der Waals surface area contributed by atoms with Crippen LogP contribution in [0.2, 0.25) is 0 Å². The molecule has 4 nitrogen and oxygen atoms in total. The molecule has 0 fully saturated rings. The van der Waals surface area contributed by atoms with Crippen molar-refractivity contribution in [1.82, 2.24) is 4.98 Å². The summed E-state index contributed by atoms with van der Waals surface area (Å²) in [4.78, 5) is 27.2. The van der Waals surface area contributed by atoms with E-state index in [9.17, 15) is 9.59 Å². The molecule has 2 rings (SSSR count). The fourth-order valence-corrected chi connectivity index (χ4v) is 2.07. The lowest BCUT2D eigenvalue weighted by Crippen LogP contribution is -2.12. The summed E-state index contributed by atoms with van der Waals surface area (Å²) in [6, 6.07) is 6.84. The Balaban J connectivity index is 2.16.